The number of aliphatic carboxylic acids is 1. The zero-order valence-electron chi connectivity index (χ0n) is 11.6. The molecule has 0 bridgehead atoms. The van der Waals surface area contributed by atoms with Gasteiger partial charge in [0.2, 0.25) is 0 Å². The van der Waals surface area contributed by atoms with E-state index in [2.05, 4.69) is 10.2 Å². The lowest BCUT2D eigenvalue weighted by molar-refractivity contribution is -0.148. The van der Waals surface area contributed by atoms with Crippen LogP contribution in [0.2, 0.25) is 0 Å². The predicted molar refractivity (Wildman–Crippen MR) is 71.6 cm³/mol. The van der Waals surface area contributed by atoms with Crippen LogP contribution in [-0.2, 0) is 4.79 Å². The van der Waals surface area contributed by atoms with Gasteiger partial charge in [0.25, 0.3) is 0 Å². The maximum Gasteiger partial charge on any atom is 0.310 e. The molecule has 2 aliphatic rings. The molecule has 1 saturated carbocycles. The van der Waals surface area contributed by atoms with E-state index >= 15 is 0 Å². The first-order valence-corrected chi connectivity index (χ1v) is 7.16. The Kier molecular flexibility index (Phi) is 4.28. The summed E-state index contributed by atoms with van der Waals surface area (Å²) in [4.78, 5) is 13.5. The van der Waals surface area contributed by atoms with E-state index in [-0.39, 0.29) is 0 Å². The van der Waals surface area contributed by atoms with Crippen LogP contribution in [0.5, 0.6) is 0 Å². The fourth-order valence-electron chi connectivity index (χ4n) is 2.71. The predicted octanol–water partition coefficient (Wildman–Crippen LogP) is 1.56. The third-order valence-corrected chi connectivity index (χ3v) is 4.07. The van der Waals surface area contributed by atoms with Crippen molar-refractivity contribution < 1.29 is 9.90 Å². The summed E-state index contributed by atoms with van der Waals surface area (Å²) in [5.41, 5.74) is -0.633. The summed E-state index contributed by atoms with van der Waals surface area (Å²) in [5, 5.41) is 12.8. The van der Waals surface area contributed by atoms with Gasteiger partial charge in [0.15, 0.2) is 0 Å². The van der Waals surface area contributed by atoms with Crippen LogP contribution >= 0.6 is 0 Å². The molecule has 0 aromatic heterocycles. The fourth-order valence-corrected chi connectivity index (χ4v) is 2.71. The summed E-state index contributed by atoms with van der Waals surface area (Å²) in [6.07, 6.45) is 5.15. The van der Waals surface area contributed by atoms with Crippen LogP contribution in [0.25, 0.3) is 0 Å². The van der Waals surface area contributed by atoms with Crippen molar-refractivity contribution in [3.8, 4) is 0 Å². The quantitative estimate of drug-likeness (QED) is 0.755. The summed E-state index contributed by atoms with van der Waals surface area (Å²) in [6, 6.07) is 0.774. The van der Waals surface area contributed by atoms with Crippen LogP contribution in [0, 0.1) is 11.3 Å². The Morgan fingerprint density at radius 2 is 2.11 bits per heavy atom. The van der Waals surface area contributed by atoms with Crippen molar-refractivity contribution in [2.24, 2.45) is 11.3 Å². The lowest BCUT2D eigenvalue weighted by atomic mass is 9.90. The highest BCUT2D eigenvalue weighted by Crippen LogP contribution is 2.24. The summed E-state index contributed by atoms with van der Waals surface area (Å²) < 4.78 is 0. The minimum Gasteiger partial charge on any atom is -0.481 e. The molecule has 1 atom stereocenters. The largest absolute Gasteiger partial charge is 0.481 e. The molecule has 2 rings (SSSR count). The smallest absolute Gasteiger partial charge is 0.310 e. The van der Waals surface area contributed by atoms with Crippen molar-refractivity contribution in [2.75, 3.05) is 26.2 Å². The number of carboxylic acids is 1. The third-order valence-electron chi connectivity index (χ3n) is 4.07. The van der Waals surface area contributed by atoms with Crippen LogP contribution in [0.15, 0.2) is 0 Å². The molecule has 104 valence electrons. The summed E-state index contributed by atoms with van der Waals surface area (Å²) in [5.74, 6) is 0.00433. The Bertz CT molecular complexity index is 300. The van der Waals surface area contributed by atoms with E-state index in [0.717, 1.165) is 25.7 Å². The number of piperidine rings is 1. The van der Waals surface area contributed by atoms with Crippen molar-refractivity contribution >= 4 is 5.97 Å². The van der Waals surface area contributed by atoms with Gasteiger partial charge in [-0.25, -0.2) is 0 Å². The van der Waals surface area contributed by atoms with Crippen molar-refractivity contribution in [1.82, 2.24) is 10.2 Å². The molecule has 2 fully saturated rings. The molecule has 0 spiro atoms. The molecule has 2 N–H and O–H groups in total. The van der Waals surface area contributed by atoms with Crippen molar-refractivity contribution in [2.45, 2.75) is 45.6 Å². The van der Waals surface area contributed by atoms with E-state index in [9.17, 15) is 9.90 Å². The minimum atomic E-state index is -0.694. The molecule has 1 saturated heterocycles. The Hall–Kier alpha value is -0.610. The number of carbonyl (C=O) groups is 1. The molecule has 4 nitrogen and oxygen atoms in total. The van der Waals surface area contributed by atoms with E-state index in [1.54, 1.807) is 0 Å². The summed E-state index contributed by atoms with van der Waals surface area (Å²) >= 11 is 0. The van der Waals surface area contributed by atoms with Gasteiger partial charge < -0.3 is 15.3 Å². The average Bonchev–Trinajstić information content (AvgIpc) is 3.10. The molecule has 1 aliphatic heterocycles. The Morgan fingerprint density at radius 3 is 2.72 bits per heavy atom. The number of hydrogen-bond donors (Lipinski definition) is 2. The standard InChI is InChI=1S/C14H26N2O2/c1-14(2,13(17)18)10-16-7-3-4-11(9-16)8-15-12-5-6-12/h11-12,15H,3-10H2,1-2H3,(H,17,18). The lowest BCUT2D eigenvalue weighted by Crippen LogP contribution is -2.46. The van der Waals surface area contributed by atoms with Gasteiger partial charge in [-0.05, 0) is 58.5 Å². The molecule has 4 heteroatoms. The second-order valence-electron chi connectivity index (χ2n) is 6.61. The van der Waals surface area contributed by atoms with Gasteiger partial charge >= 0.3 is 5.97 Å². The first-order valence-electron chi connectivity index (χ1n) is 7.16. The number of carboxylic acid groups (broad SMARTS) is 1. The highest BCUT2D eigenvalue weighted by atomic mass is 16.4. The van der Waals surface area contributed by atoms with E-state index < -0.39 is 11.4 Å². The van der Waals surface area contributed by atoms with Crippen LogP contribution in [0.4, 0.5) is 0 Å². The minimum absolute atomic E-state index is 0.633. The first-order chi connectivity index (χ1) is 8.47. The van der Waals surface area contributed by atoms with Gasteiger partial charge in [-0.15, -0.1) is 0 Å². The lowest BCUT2D eigenvalue weighted by Gasteiger charge is -2.36. The van der Waals surface area contributed by atoms with Gasteiger partial charge in [0.1, 0.15) is 0 Å². The Balaban J connectivity index is 1.76. The van der Waals surface area contributed by atoms with E-state index in [0.29, 0.717) is 12.5 Å². The fraction of sp³-hybridized carbons (Fsp3) is 0.929. The maximum absolute atomic E-state index is 11.2. The van der Waals surface area contributed by atoms with Gasteiger partial charge in [0.05, 0.1) is 5.41 Å². The molecule has 0 aromatic carbocycles. The molecule has 18 heavy (non-hydrogen) atoms. The molecule has 1 aliphatic carbocycles. The normalized spacial score (nSPS) is 26.2. The number of rotatable bonds is 6. The molecule has 1 heterocycles. The molecular weight excluding hydrogens is 228 g/mol. The van der Waals surface area contributed by atoms with E-state index in [1.807, 2.05) is 13.8 Å². The first kappa shape index (κ1) is 13.8. The van der Waals surface area contributed by atoms with Crippen molar-refractivity contribution in [3.05, 3.63) is 0 Å². The molecule has 0 amide bonds. The topological polar surface area (TPSA) is 52.6 Å². The molecule has 1 unspecified atom stereocenters. The second-order valence-corrected chi connectivity index (χ2v) is 6.61. The zero-order valence-corrected chi connectivity index (χ0v) is 11.6. The van der Waals surface area contributed by atoms with E-state index in [1.165, 1.54) is 25.7 Å². The van der Waals surface area contributed by atoms with Crippen LogP contribution in [0.3, 0.4) is 0 Å². The second kappa shape index (κ2) is 5.57. The monoisotopic (exact) mass is 254 g/mol. The summed E-state index contributed by atoms with van der Waals surface area (Å²) in [7, 11) is 0. The van der Waals surface area contributed by atoms with Gasteiger partial charge in [-0.1, -0.05) is 0 Å². The van der Waals surface area contributed by atoms with Gasteiger partial charge in [-0.2, -0.15) is 0 Å². The molecule has 0 aromatic rings. The van der Waals surface area contributed by atoms with Crippen LogP contribution < -0.4 is 5.32 Å². The number of likely N-dealkylation sites (tertiary alicyclic amines) is 1. The molecule has 0 radical (unpaired) electrons. The highest BCUT2D eigenvalue weighted by Gasteiger charge is 2.32. The number of hydrogen-bond acceptors (Lipinski definition) is 3. The number of nitrogens with one attached hydrogen (secondary N) is 1. The van der Waals surface area contributed by atoms with Crippen molar-refractivity contribution in [1.29, 1.82) is 0 Å². The Morgan fingerprint density at radius 1 is 1.39 bits per heavy atom. The SMILES string of the molecule is CC(C)(CN1CCCC(CNC2CC2)C1)C(=O)O. The van der Waals surface area contributed by atoms with Crippen LogP contribution in [-0.4, -0.2) is 48.2 Å². The maximum atomic E-state index is 11.2. The van der Waals surface area contributed by atoms with Gasteiger partial charge in [0, 0.05) is 19.1 Å². The molecular formula is C14H26N2O2. The van der Waals surface area contributed by atoms with Crippen LogP contribution in [0.1, 0.15) is 39.5 Å². The average molecular weight is 254 g/mol. The zero-order chi connectivity index (χ0) is 13.2. The Labute approximate surface area is 110 Å². The van der Waals surface area contributed by atoms with E-state index in [4.69, 9.17) is 0 Å². The highest BCUT2D eigenvalue weighted by molar-refractivity contribution is 5.73. The summed E-state index contributed by atoms with van der Waals surface area (Å²) in [6.45, 7) is 7.52. The number of nitrogens with zero attached hydrogens (tertiary/aromatic N) is 1. The van der Waals surface area contributed by atoms with Crippen molar-refractivity contribution in [3.63, 3.8) is 0 Å². The third kappa shape index (κ3) is 3.95. The van der Waals surface area contributed by atoms with Gasteiger partial charge in [-0.3, -0.25) is 4.79 Å².